The third-order valence-electron chi connectivity index (χ3n) is 5.84. The second-order valence-corrected chi connectivity index (χ2v) is 11.1. The van der Waals surface area contributed by atoms with Crippen molar-refractivity contribution in [2.24, 2.45) is 0 Å². The molecule has 1 aliphatic rings. The molecule has 3 aromatic rings. The predicted octanol–water partition coefficient (Wildman–Crippen LogP) is 3.70. The Kier molecular flexibility index (Phi) is 9.14. The van der Waals surface area contributed by atoms with Crippen LogP contribution >= 0.6 is 11.3 Å². The molecule has 6 nitrogen and oxygen atoms in total. The van der Waals surface area contributed by atoms with Crippen LogP contribution in [0.2, 0.25) is 0 Å². The van der Waals surface area contributed by atoms with Gasteiger partial charge in [-0.05, 0) is 36.6 Å². The normalized spacial score (nSPS) is 15.1. The molecule has 35 heavy (non-hydrogen) atoms. The van der Waals surface area contributed by atoms with Gasteiger partial charge in [0.15, 0.2) is 0 Å². The summed E-state index contributed by atoms with van der Waals surface area (Å²) in [6.07, 6.45) is 0.598. The van der Waals surface area contributed by atoms with E-state index in [0.717, 1.165) is 59.6 Å². The van der Waals surface area contributed by atoms with Gasteiger partial charge in [-0.1, -0.05) is 36.4 Å². The Morgan fingerprint density at radius 1 is 1.11 bits per heavy atom. The molecule has 0 bridgehead atoms. The molecule has 1 unspecified atom stereocenters. The zero-order valence-electron chi connectivity index (χ0n) is 19.8. The molecule has 1 amide bonds. The number of carbonyl (C=O) groups excluding carboxylic acids is 1. The Hall–Kier alpha value is -2.46. The fourth-order valence-electron chi connectivity index (χ4n) is 3.85. The SMILES string of the molecule is Cc1nc(-c2ccc(CN3CCOCC3)cc2)sc1CS(=O)CC(=O)NCCc1ccc(F)cc1. The monoisotopic (exact) mass is 515 g/mol. The number of ether oxygens (including phenoxy) is 1. The topological polar surface area (TPSA) is 71.5 Å². The van der Waals surface area contributed by atoms with Crippen LogP contribution in [-0.4, -0.2) is 58.6 Å². The van der Waals surface area contributed by atoms with Crippen LogP contribution in [0.15, 0.2) is 48.5 Å². The highest BCUT2D eigenvalue weighted by Crippen LogP contribution is 2.29. The van der Waals surface area contributed by atoms with E-state index in [-0.39, 0.29) is 17.5 Å². The van der Waals surface area contributed by atoms with E-state index in [2.05, 4.69) is 39.5 Å². The highest BCUT2D eigenvalue weighted by atomic mass is 32.2. The molecule has 1 saturated heterocycles. The van der Waals surface area contributed by atoms with Gasteiger partial charge in [0.25, 0.3) is 0 Å². The van der Waals surface area contributed by atoms with Crippen molar-refractivity contribution >= 4 is 28.0 Å². The summed E-state index contributed by atoms with van der Waals surface area (Å²) < 4.78 is 31.0. The molecule has 1 aromatic heterocycles. The van der Waals surface area contributed by atoms with Crippen LogP contribution in [0.3, 0.4) is 0 Å². The van der Waals surface area contributed by atoms with Gasteiger partial charge < -0.3 is 10.1 Å². The second kappa shape index (κ2) is 12.5. The van der Waals surface area contributed by atoms with Crippen molar-refractivity contribution in [2.75, 3.05) is 38.6 Å². The van der Waals surface area contributed by atoms with Crippen molar-refractivity contribution in [1.29, 1.82) is 0 Å². The van der Waals surface area contributed by atoms with E-state index in [0.29, 0.717) is 18.7 Å². The number of hydrogen-bond donors (Lipinski definition) is 1. The number of halogens is 1. The average molecular weight is 516 g/mol. The lowest BCUT2D eigenvalue weighted by Gasteiger charge is -2.26. The highest BCUT2D eigenvalue weighted by molar-refractivity contribution is 7.85. The molecule has 9 heteroatoms. The Bertz CT molecular complexity index is 1140. The van der Waals surface area contributed by atoms with Crippen LogP contribution in [0.25, 0.3) is 10.6 Å². The molecule has 186 valence electrons. The van der Waals surface area contributed by atoms with E-state index in [9.17, 15) is 13.4 Å². The molecule has 0 aliphatic carbocycles. The van der Waals surface area contributed by atoms with Crippen molar-refractivity contribution in [1.82, 2.24) is 15.2 Å². The summed E-state index contributed by atoms with van der Waals surface area (Å²) in [5.74, 6) is -0.268. The molecule has 0 spiro atoms. The first-order valence-corrected chi connectivity index (χ1v) is 14.0. The zero-order valence-corrected chi connectivity index (χ0v) is 21.4. The quantitative estimate of drug-likeness (QED) is 0.446. The maximum Gasteiger partial charge on any atom is 0.232 e. The van der Waals surface area contributed by atoms with Gasteiger partial charge in [-0.3, -0.25) is 13.9 Å². The van der Waals surface area contributed by atoms with Crippen LogP contribution in [-0.2, 0) is 39.0 Å². The minimum Gasteiger partial charge on any atom is -0.379 e. The van der Waals surface area contributed by atoms with Gasteiger partial charge in [-0.2, -0.15) is 0 Å². The smallest absolute Gasteiger partial charge is 0.232 e. The van der Waals surface area contributed by atoms with Crippen LogP contribution in [0.1, 0.15) is 21.7 Å². The van der Waals surface area contributed by atoms with E-state index in [1.54, 1.807) is 12.1 Å². The van der Waals surface area contributed by atoms with Crippen molar-refractivity contribution in [3.8, 4) is 10.6 Å². The van der Waals surface area contributed by atoms with Gasteiger partial charge in [0.05, 0.1) is 24.7 Å². The van der Waals surface area contributed by atoms with Crippen LogP contribution in [0.5, 0.6) is 0 Å². The molecule has 2 heterocycles. The number of benzene rings is 2. The van der Waals surface area contributed by atoms with Gasteiger partial charge in [0.2, 0.25) is 5.91 Å². The molecule has 1 atom stereocenters. The molecular formula is C26H30FN3O3S2. The summed E-state index contributed by atoms with van der Waals surface area (Å²) in [5.41, 5.74) is 4.09. The maximum absolute atomic E-state index is 13.0. The van der Waals surface area contributed by atoms with Gasteiger partial charge in [0.1, 0.15) is 16.6 Å². The van der Waals surface area contributed by atoms with Crippen molar-refractivity contribution in [3.63, 3.8) is 0 Å². The van der Waals surface area contributed by atoms with E-state index >= 15 is 0 Å². The number of hydrogen-bond acceptors (Lipinski definition) is 6. The number of rotatable bonds is 10. The number of carbonyl (C=O) groups is 1. The summed E-state index contributed by atoms with van der Waals surface area (Å²) in [7, 11) is -1.32. The van der Waals surface area contributed by atoms with E-state index in [4.69, 9.17) is 4.74 Å². The van der Waals surface area contributed by atoms with Gasteiger partial charge in [-0.15, -0.1) is 11.3 Å². The highest BCUT2D eigenvalue weighted by Gasteiger charge is 2.15. The standard InChI is InChI=1S/C26H30FN3O3S2/c1-19-24(17-35(32)18-25(31)28-11-10-20-4-8-23(27)9-5-20)34-26(29-19)22-6-2-21(3-7-22)16-30-12-14-33-15-13-30/h2-9H,10-18H2,1H3,(H,28,31). The summed E-state index contributed by atoms with van der Waals surface area (Å²) in [6.45, 7) is 6.75. The van der Waals surface area contributed by atoms with E-state index in [1.807, 2.05) is 6.92 Å². The summed E-state index contributed by atoms with van der Waals surface area (Å²) in [6, 6.07) is 14.6. The first-order valence-electron chi connectivity index (χ1n) is 11.7. The average Bonchev–Trinajstić information content (AvgIpc) is 3.21. The van der Waals surface area contributed by atoms with Crippen molar-refractivity contribution < 1.29 is 18.1 Å². The van der Waals surface area contributed by atoms with Gasteiger partial charge in [-0.25, -0.2) is 9.37 Å². The number of thiazole rings is 1. The first-order chi connectivity index (χ1) is 17.0. The van der Waals surface area contributed by atoms with Crippen LogP contribution in [0, 0.1) is 12.7 Å². The second-order valence-electron chi connectivity index (χ2n) is 8.57. The number of aryl methyl sites for hydroxylation is 1. The first kappa shape index (κ1) is 25.6. The molecule has 2 aromatic carbocycles. The largest absolute Gasteiger partial charge is 0.379 e. The zero-order chi connectivity index (χ0) is 24.6. The number of aromatic nitrogens is 1. The third-order valence-corrected chi connectivity index (χ3v) is 8.42. The minimum absolute atomic E-state index is 0.0493. The molecular weight excluding hydrogens is 485 g/mol. The fraction of sp³-hybridized carbons (Fsp3) is 0.385. The summed E-state index contributed by atoms with van der Waals surface area (Å²) >= 11 is 1.53. The molecule has 1 fully saturated rings. The third kappa shape index (κ3) is 7.76. The lowest BCUT2D eigenvalue weighted by Crippen LogP contribution is -2.35. The summed E-state index contributed by atoms with van der Waals surface area (Å²) in [4.78, 5) is 20.2. The maximum atomic E-state index is 13.0. The fourth-order valence-corrected chi connectivity index (χ4v) is 6.34. The molecule has 1 aliphatic heterocycles. The Morgan fingerprint density at radius 3 is 2.51 bits per heavy atom. The lowest BCUT2D eigenvalue weighted by molar-refractivity contribution is -0.118. The van der Waals surface area contributed by atoms with Crippen LogP contribution < -0.4 is 5.32 Å². The Labute approximate surface area is 212 Å². The van der Waals surface area contributed by atoms with Crippen LogP contribution in [0.4, 0.5) is 4.39 Å². The predicted molar refractivity (Wildman–Crippen MR) is 138 cm³/mol. The van der Waals surface area contributed by atoms with Gasteiger partial charge in [0, 0.05) is 47.4 Å². The molecule has 0 saturated carbocycles. The van der Waals surface area contributed by atoms with Crippen molar-refractivity contribution in [3.05, 3.63) is 76.0 Å². The summed E-state index contributed by atoms with van der Waals surface area (Å²) in [5, 5.41) is 3.69. The Balaban J connectivity index is 1.25. The van der Waals surface area contributed by atoms with Crippen molar-refractivity contribution in [2.45, 2.75) is 25.6 Å². The molecule has 4 rings (SSSR count). The molecule has 0 radical (unpaired) electrons. The number of amides is 1. The molecule has 1 N–H and O–H groups in total. The number of morpholine rings is 1. The minimum atomic E-state index is -1.32. The van der Waals surface area contributed by atoms with Gasteiger partial charge >= 0.3 is 0 Å². The van der Waals surface area contributed by atoms with E-state index < -0.39 is 10.8 Å². The Morgan fingerprint density at radius 2 is 1.80 bits per heavy atom. The lowest BCUT2D eigenvalue weighted by atomic mass is 10.1. The van der Waals surface area contributed by atoms with E-state index in [1.165, 1.54) is 29.0 Å². The number of nitrogens with one attached hydrogen (secondary N) is 1. The number of nitrogens with zero attached hydrogens (tertiary/aromatic N) is 2.